The SMILES string of the molecule is O=C(Nc1nc(-c2ccccn2)c(-c2ccncc2)s1)c1ccc(Oc2ccccc2)cc1. The quantitative estimate of drug-likeness (QED) is 0.328. The topological polar surface area (TPSA) is 77.0 Å². The molecule has 160 valence electrons. The molecule has 2 aromatic carbocycles. The highest BCUT2D eigenvalue weighted by molar-refractivity contribution is 7.19. The molecule has 0 saturated heterocycles. The maximum absolute atomic E-state index is 12.9. The van der Waals surface area contributed by atoms with E-state index < -0.39 is 0 Å². The van der Waals surface area contributed by atoms with Crippen molar-refractivity contribution in [1.29, 1.82) is 0 Å². The van der Waals surface area contributed by atoms with E-state index in [1.807, 2.05) is 60.7 Å². The summed E-state index contributed by atoms with van der Waals surface area (Å²) in [7, 11) is 0. The molecule has 0 unspecified atom stereocenters. The fourth-order valence-electron chi connectivity index (χ4n) is 3.22. The van der Waals surface area contributed by atoms with Crippen LogP contribution in [0.15, 0.2) is 104 Å². The van der Waals surface area contributed by atoms with Crippen molar-refractivity contribution in [2.24, 2.45) is 0 Å². The van der Waals surface area contributed by atoms with E-state index >= 15 is 0 Å². The van der Waals surface area contributed by atoms with Gasteiger partial charge in [0.05, 0.1) is 10.6 Å². The van der Waals surface area contributed by atoms with E-state index in [-0.39, 0.29) is 5.91 Å². The smallest absolute Gasteiger partial charge is 0.257 e. The molecule has 33 heavy (non-hydrogen) atoms. The molecule has 3 aromatic heterocycles. The van der Waals surface area contributed by atoms with E-state index in [1.165, 1.54) is 11.3 Å². The van der Waals surface area contributed by atoms with Gasteiger partial charge in [0.2, 0.25) is 0 Å². The number of carbonyl (C=O) groups is 1. The van der Waals surface area contributed by atoms with Gasteiger partial charge in [-0.15, -0.1) is 0 Å². The number of hydrogen-bond acceptors (Lipinski definition) is 6. The van der Waals surface area contributed by atoms with Crippen LogP contribution in [0.2, 0.25) is 0 Å². The minimum Gasteiger partial charge on any atom is -0.457 e. The predicted molar refractivity (Wildman–Crippen MR) is 129 cm³/mol. The number of amides is 1. The second kappa shape index (κ2) is 9.42. The zero-order valence-corrected chi connectivity index (χ0v) is 18.2. The summed E-state index contributed by atoms with van der Waals surface area (Å²) < 4.78 is 5.79. The molecule has 3 heterocycles. The average molecular weight is 451 g/mol. The van der Waals surface area contributed by atoms with Gasteiger partial charge in [0, 0.05) is 24.2 Å². The van der Waals surface area contributed by atoms with E-state index in [4.69, 9.17) is 4.74 Å². The normalized spacial score (nSPS) is 10.5. The van der Waals surface area contributed by atoms with Gasteiger partial charge in [-0.1, -0.05) is 35.6 Å². The Bertz CT molecular complexity index is 1300. The zero-order valence-electron chi connectivity index (χ0n) is 17.4. The molecule has 7 heteroatoms. The first kappa shape index (κ1) is 20.5. The van der Waals surface area contributed by atoms with Crippen molar-refractivity contribution in [3.05, 3.63) is 109 Å². The first-order valence-electron chi connectivity index (χ1n) is 10.2. The Labute approximate surface area is 194 Å². The van der Waals surface area contributed by atoms with Gasteiger partial charge in [-0.3, -0.25) is 20.1 Å². The number of nitrogens with one attached hydrogen (secondary N) is 1. The van der Waals surface area contributed by atoms with Crippen molar-refractivity contribution in [3.8, 4) is 33.3 Å². The molecule has 0 fully saturated rings. The molecule has 1 amide bonds. The van der Waals surface area contributed by atoms with Crippen molar-refractivity contribution in [3.63, 3.8) is 0 Å². The van der Waals surface area contributed by atoms with Crippen molar-refractivity contribution in [1.82, 2.24) is 15.0 Å². The number of rotatable bonds is 6. The summed E-state index contributed by atoms with van der Waals surface area (Å²) in [6.07, 6.45) is 5.19. The van der Waals surface area contributed by atoms with Crippen LogP contribution in [0.25, 0.3) is 21.8 Å². The third-order valence-electron chi connectivity index (χ3n) is 4.79. The zero-order chi connectivity index (χ0) is 22.5. The van der Waals surface area contributed by atoms with E-state index in [0.717, 1.165) is 21.9 Å². The molecule has 0 atom stereocenters. The summed E-state index contributed by atoms with van der Waals surface area (Å²) in [5, 5.41) is 3.41. The Balaban J connectivity index is 1.38. The number of carbonyl (C=O) groups excluding carboxylic acids is 1. The molecule has 0 aliphatic carbocycles. The predicted octanol–water partition coefficient (Wildman–Crippen LogP) is 6.31. The van der Waals surface area contributed by atoms with Crippen molar-refractivity contribution in [2.45, 2.75) is 0 Å². The molecule has 0 saturated carbocycles. The fraction of sp³-hybridized carbons (Fsp3) is 0. The third kappa shape index (κ3) is 4.78. The Morgan fingerprint density at radius 1 is 0.788 bits per heavy atom. The van der Waals surface area contributed by atoms with E-state index in [2.05, 4.69) is 20.3 Å². The Morgan fingerprint density at radius 2 is 1.52 bits per heavy atom. The van der Waals surface area contributed by atoms with Crippen LogP contribution in [0.3, 0.4) is 0 Å². The minimum atomic E-state index is -0.246. The highest BCUT2D eigenvalue weighted by Crippen LogP contribution is 2.38. The number of aromatic nitrogens is 3. The molecule has 1 N–H and O–H groups in total. The molecule has 6 nitrogen and oxygen atoms in total. The summed E-state index contributed by atoms with van der Waals surface area (Å²) in [4.78, 5) is 27.0. The largest absolute Gasteiger partial charge is 0.457 e. The van der Waals surface area contributed by atoms with Gasteiger partial charge in [-0.25, -0.2) is 4.98 Å². The maximum Gasteiger partial charge on any atom is 0.257 e. The summed E-state index contributed by atoms with van der Waals surface area (Å²) in [6.45, 7) is 0. The molecule has 5 aromatic rings. The number of hydrogen-bond donors (Lipinski definition) is 1. The van der Waals surface area contributed by atoms with Gasteiger partial charge in [0.1, 0.15) is 17.2 Å². The fourth-order valence-corrected chi connectivity index (χ4v) is 4.19. The monoisotopic (exact) mass is 450 g/mol. The number of ether oxygens (including phenoxy) is 1. The van der Waals surface area contributed by atoms with Crippen molar-refractivity contribution in [2.75, 3.05) is 5.32 Å². The van der Waals surface area contributed by atoms with E-state index in [0.29, 0.717) is 22.1 Å². The van der Waals surface area contributed by atoms with Gasteiger partial charge >= 0.3 is 0 Å². The summed E-state index contributed by atoms with van der Waals surface area (Å²) in [6, 6.07) is 26.0. The minimum absolute atomic E-state index is 0.246. The lowest BCUT2D eigenvalue weighted by Crippen LogP contribution is -2.11. The summed E-state index contributed by atoms with van der Waals surface area (Å²) in [5.41, 5.74) is 2.93. The molecular formula is C26H18N4O2S. The van der Waals surface area contributed by atoms with Crippen LogP contribution < -0.4 is 10.1 Å². The number of anilines is 1. The van der Waals surface area contributed by atoms with Crippen molar-refractivity contribution >= 4 is 22.4 Å². The van der Waals surface area contributed by atoms with Crippen LogP contribution in [-0.4, -0.2) is 20.9 Å². The molecule has 0 spiro atoms. The molecule has 0 aliphatic heterocycles. The maximum atomic E-state index is 12.9. The number of para-hydroxylation sites is 1. The number of benzene rings is 2. The standard InChI is InChI=1S/C26H18N4O2S/c31-25(19-9-11-21(12-10-19)32-20-6-2-1-3-7-20)30-26-29-23(22-8-4-5-15-28-22)24(33-26)18-13-16-27-17-14-18/h1-17H,(H,29,30,31). The number of pyridine rings is 2. The molecule has 0 aliphatic rings. The number of nitrogens with zero attached hydrogens (tertiary/aromatic N) is 3. The number of thiazole rings is 1. The lowest BCUT2D eigenvalue weighted by molar-refractivity contribution is 0.102. The van der Waals surface area contributed by atoms with E-state index in [9.17, 15) is 4.79 Å². The van der Waals surface area contributed by atoms with Gasteiger partial charge in [-0.2, -0.15) is 0 Å². The van der Waals surface area contributed by atoms with Crippen molar-refractivity contribution < 1.29 is 9.53 Å². The van der Waals surface area contributed by atoms with Gasteiger partial charge < -0.3 is 4.74 Å². The second-order valence-corrected chi connectivity index (χ2v) is 8.04. The first-order chi connectivity index (χ1) is 16.3. The first-order valence-corrected chi connectivity index (χ1v) is 11.0. The van der Waals surface area contributed by atoms with Crippen LogP contribution in [0.4, 0.5) is 5.13 Å². The second-order valence-electron chi connectivity index (χ2n) is 7.04. The summed E-state index contributed by atoms with van der Waals surface area (Å²) >= 11 is 1.40. The van der Waals surface area contributed by atoms with Crippen LogP contribution >= 0.6 is 11.3 Å². The van der Waals surface area contributed by atoms with Crippen LogP contribution in [-0.2, 0) is 0 Å². The van der Waals surface area contributed by atoms with Gasteiger partial charge in [0.15, 0.2) is 5.13 Å². The lowest BCUT2D eigenvalue weighted by Gasteiger charge is -2.06. The van der Waals surface area contributed by atoms with E-state index in [1.54, 1.807) is 42.9 Å². The molecule has 0 bridgehead atoms. The van der Waals surface area contributed by atoms with Gasteiger partial charge in [-0.05, 0) is 66.2 Å². The van der Waals surface area contributed by atoms with Crippen LogP contribution in [0, 0.1) is 0 Å². The lowest BCUT2D eigenvalue weighted by atomic mass is 10.1. The Kier molecular flexibility index (Phi) is 5.86. The molecular weight excluding hydrogens is 432 g/mol. The summed E-state index contributed by atoms with van der Waals surface area (Å²) in [5.74, 6) is 1.15. The van der Waals surface area contributed by atoms with Gasteiger partial charge in [0.25, 0.3) is 5.91 Å². The molecule has 0 radical (unpaired) electrons. The molecule has 5 rings (SSSR count). The Hall–Kier alpha value is -4.36. The van der Waals surface area contributed by atoms with Crippen LogP contribution in [0.1, 0.15) is 10.4 Å². The third-order valence-corrected chi connectivity index (χ3v) is 5.81. The Morgan fingerprint density at radius 3 is 2.24 bits per heavy atom. The van der Waals surface area contributed by atoms with Crippen LogP contribution in [0.5, 0.6) is 11.5 Å². The average Bonchev–Trinajstić information content (AvgIpc) is 3.30. The highest BCUT2D eigenvalue weighted by Gasteiger charge is 2.18. The highest BCUT2D eigenvalue weighted by atomic mass is 32.1.